The van der Waals surface area contributed by atoms with Crippen molar-refractivity contribution in [3.63, 3.8) is 0 Å². The van der Waals surface area contributed by atoms with Gasteiger partial charge in [-0.1, -0.05) is 6.07 Å². The summed E-state index contributed by atoms with van der Waals surface area (Å²) in [5.41, 5.74) is 6.33. The molecule has 21 heavy (non-hydrogen) atoms. The summed E-state index contributed by atoms with van der Waals surface area (Å²) in [7, 11) is 0. The van der Waals surface area contributed by atoms with Crippen LogP contribution in [0.1, 0.15) is 37.7 Å². The molecule has 1 saturated heterocycles. The van der Waals surface area contributed by atoms with E-state index in [9.17, 15) is 8.78 Å². The van der Waals surface area contributed by atoms with Gasteiger partial charge < -0.3 is 10.6 Å². The number of guanidine groups is 1. The molecule has 0 radical (unpaired) electrons. The van der Waals surface area contributed by atoms with Gasteiger partial charge in [0.05, 0.1) is 6.54 Å². The molecule has 0 aromatic heterocycles. The summed E-state index contributed by atoms with van der Waals surface area (Å²) in [6.45, 7) is 2.39. The van der Waals surface area contributed by atoms with Crippen LogP contribution in [0.5, 0.6) is 0 Å². The quantitative estimate of drug-likeness (QED) is 0.688. The summed E-state index contributed by atoms with van der Waals surface area (Å²) >= 11 is 0. The number of likely N-dealkylation sites (tertiary alicyclic amines) is 1. The van der Waals surface area contributed by atoms with Gasteiger partial charge >= 0.3 is 0 Å². The van der Waals surface area contributed by atoms with E-state index in [0.717, 1.165) is 44.8 Å². The van der Waals surface area contributed by atoms with Crippen LogP contribution in [0, 0.1) is 11.6 Å². The van der Waals surface area contributed by atoms with Crippen LogP contribution in [-0.2, 0) is 5.41 Å². The molecule has 1 heterocycles. The van der Waals surface area contributed by atoms with Crippen molar-refractivity contribution in [1.82, 2.24) is 4.90 Å². The molecule has 2 N–H and O–H groups in total. The van der Waals surface area contributed by atoms with E-state index >= 15 is 0 Å². The first-order valence-electron chi connectivity index (χ1n) is 7.61. The normalized spacial score (nSPS) is 21.4. The molecule has 0 unspecified atom stereocenters. The second-order valence-corrected chi connectivity index (χ2v) is 6.13. The smallest absolute Gasteiger partial charge is 0.191 e. The first-order valence-corrected chi connectivity index (χ1v) is 7.61. The average Bonchev–Trinajstić information content (AvgIpc) is 3.26. The minimum atomic E-state index is -0.539. The Kier molecular flexibility index (Phi) is 3.83. The highest BCUT2D eigenvalue weighted by Gasteiger charge is 2.46. The predicted molar refractivity (Wildman–Crippen MR) is 79.2 cm³/mol. The number of nitrogens with two attached hydrogens (primary N) is 1. The first-order chi connectivity index (χ1) is 10.1. The average molecular weight is 293 g/mol. The third-order valence-corrected chi connectivity index (χ3v) is 4.58. The maximum atomic E-state index is 13.9. The van der Waals surface area contributed by atoms with Crippen molar-refractivity contribution in [3.05, 3.63) is 35.4 Å². The molecule has 2 aliphatic rings. The Hall–Kier alpha value is -1.65. The standard InChI is InChI=1S/C16H21F2N3/c17-12-4-5-13(14(18)10-12)16(6-7-16)11-20-15(19)21-8-2-1-3-9-21/h4-5,10H,1-3,6-9,11H2,(H2,19,20). The molecule has 1 aromatic carbocycles. The van der Waals surface area contributed by atoms with Gasteiger partial charge in [-0.05, 0) is 43.7 Å². The topological polar surface area (TPSA) is 41.6 Å². The predicted octanol–water partition coefficient (Wildman–Crippen LogP) is 2.80. The molecular formula is C16H21F2N3. The molecule has 1 aliphatic heterocycles. The van der Waals surface area contributed by atoms with Gasteiger partial charge in [0.2, 0.25) is 0 Å². The van der Waals surface area contributed by atoms with Gasteiger partial charge in [0.1, 0.15) is 11.6 Å². The molecule has 0 atom stereocenters. The number of benzene rings is 1. The summed E-state index contributed by atoms with van der Waals surface area (Å²) in [4.78, 5) is 6.58. The fourth-order valence-corrected chi connectivity index (χ4v) is 3.04. The van der Waals surface area contributed by atoms with Crippen LogP contribution in [0.15, 0.2) is 23.2 Å². The maximum Gasteiger partial charge on any atom is 0.191 e. The van der Waals surface area contributed by atoms with E-state index in [1.165, 1.54) is 12.5 Å². The van der Waals surface area contributed by atoms with Crippen molar-refractivity contribution in [3.8, 4) is 0 Å². The summed E-state index contributed by atoms with van der Waals surface area (Å²) in [6, 6.07) is 3.81. The second-order valence-electron chi connectivity index (χ2n) is 6.13. The van der Waals surface area contributed by atoms with E-state index in [4.69, 9.17) is 5.73 Å². The number of piperidine rings is 1. The van der Waals surface area contributed by atoms with Crippen LogP contribution in [0.25, 0.3) is 0 Å². The first kappa shape index (κ1) is 14.3. The molecule has 3 rings (SSSR count). The Morgan fingerprint density at radius 3 is 2.52 bits per heavy atom. The van der Waals surface area contributed by atoms with Crippen LogP contribution in [-0.4, -0.2) is 30.5 Å². The van der Waals surface area contributed by atoms with Crippen molar-refractivity contribution in [1.29, 1.82) is 0 Å². The fourth-order valence-electron chi connectivity index (χ4n) is 3.04. The lowest BCUT2D eigenvalue weighted by atomic mass is 9.95. The summed E-state index contributed by atoms with van der Waals surface area (Å²) in [6.07, 6.45) is 5.30. The third kappa shape index (κ3) is 3.01. The van der Waals surface area contributed by atoms with E-state index in [1.807, 2.05) is 0 Å². The number of hydrogen-bond acceptors (Lipinski definition) is 1. The highest BCUT2D eigenvalue weighted by Crippen LogP contribution is 2.49. The fraction of sp³-hybridized carbons (Fsp3) is 0.562. The molecule has 1 aromatic rings. The van der Waals surface area contributed by atoms with Crippen LogP contribution in [0.4, 0.5) is 8.78 Å². The molecule has 5 heteroatoms. The van der Waals surface area contributed by atoms with E-state index in [0.29, 0.717) is 18.1 Å². The van der Waals surface area contributed by atoms with Crippen molar-refractivity contribution in [2.75, 3.05) is 19.6 Å². The zero-order chi connectivity index (χ0) is 14.9. The number of hydrogen-bond donors (Lipinski definition) is 1. The molecular weight excluding hydrogens is 272 g/mol. The molecule has 0 bridgehead atoms. The van der Waals surface area contributed by atoms with Crippen molar-refractivity contribution in [2.45, 2.75) is 37.5 Å². The number of halogens is 2. The van der Waals surface area contributed by atoms with E-state index < -0.39 is 11.6 Å². The molecule has 0 spiro atoms. The van der Waals surface area contributed by atoms with E-state index in [1.54, 1.807) is 6.07 Å². The summed E-state index contributed by atoms with van der Waals surface area (Å²) < 4.78 is 27.0. The third-order valence-electron chi connectivity index (χ3n) is 4.58. The number of nitrogens with zero attached hydrogens (tertiary/aromatic N) is 2. The molecule has 0 amide bonds. The lowest BCUT2D eigenvalue weighted by Crippen LogP contribution is -2.41. The summed E-state index contributed by atoms with van der Waals surface area (Å²) in [5, 5.41) is 0. The van der Waals surface area contributed by atoms with Gasteiger partial charge in [-0.25, -0.2) is 8.78 Å². The monoisotopic (exact) mass is 293 g/mol. The van der Waals surface area contributed by atoms with Crippen molar-refractivity contribution in [2.24, 2.45) is 10.7 Å². The highest BCUT2D eigenvalue weighted by atomic mass is 19.1. The minimum absolute atomic E-state index is 0.280. The molecule has 1 aliphatic carbocycles. The lowest BCUT2D eigenvalue weighted by Gasteiger charge is -2.28. The number of rotatable bonds is 3. The molecule has 1 saturated carbocycles. The Balaban J connectivity index is 1.71. The van der Waals surface area contributed by atoms with Gasteiger partial charge in [0, 0.05) is 24.6 Å². The lowest BCUT2D eigenvalue weighted by molar-refractivity contribution is 0.337. The van der Waals surface area contributed by atoms with E-state index in [-0.39, 0.29) is 5.41 Å². The van der Waals surface area contributed by atoms with Gasteiger partial charge in [0.25, 0.3) is 0 Å². The zero-order valence-electron chi connectivity index (χ0n) is 12.1. The van der Waals surface area contributed by atoms with Crippen LogP contribution in [0.2, 0.25) is 0 Å². The SMILES string of the molecule is NC(=NCC1(c2ccc(F)cc2F)CC1)N1CCCCC1. The molecule has 2 fully saturated rings. The highest BCUT2D eigenvalue weighted by molar-refractivity contribution is 5.78. The van der Waals surface area contributed by atoms with Crippen molar-refractivity contribution < 1.29 is 8.78 Å². The van der Waals surface area contributed by atoms with Gasteiger partial charge in [-0.2, -0.15) is 0 Å². The zero-order valence-corrected chi connectivity index (χ0v) is 12.1. The largest absolute Gasteiger partial charge is 0.370 e. The Bertz CT molecular complexity index is 546. The Morgan fingerprint density at radius 2 is 1.90 bits per heavy atom. The maximum absolute atomic E-state index is 13.9. The van der Waals surface area contributed by atoms with Crippen molar-refractivity contribution >= 4 is 5.96 Å². The van der Waals surface area contributed by atoms with Crippen LogP contribution < -0.4 is 5.73 Å². The molecule has 114 valence electrons. The van der Waals surface area contributed by atoms with Gasteiger partial charge in [0.15, 0.2) is 5.96 Å². The van der Waals surface area contributed by atoms with Crippen LogP contribution in [0.3, 0.4) is 0 Å². The minimum Gasteiger partial charge on any atom is -0.370 e. The Morgan fingerprint density at radius 1 is 1.19 bits per heavy atom. The number of aliphatic imine (C=N–C) groups is 1. The van der Waals surface area contributed by atoms with Crippen LogP contribution >= 0.6 is 0 Å². The second kappa shape index (κ2) is 5.62. The Labute approximate surface area is 123 Å². The molecule has 3 nitrogen and oxygen atoms in total. The summed E-state index contributed by atoms with van der Waals surface area (Å²) in [5.74, 6) is -0.453. The van der Waals surface area contributed by atoms with Gasteiger partial charge in [-0.15, -0.1) is 0 Å². The van der Waals surface area contributed by atoms with E-state index in [2.05, 4.69) is 9.89 Å². The van der Waals surface area contributed by atoms with Gasteiger partial charge in [-0.3, -0.25) is 4.99 Å².